The molecule has 2 aromatic heterocycles. The van der Waals surface area contributed by atoms with E-state index in [0.29, 0.717) is 0 Å². The third-order valence-electron chi connectivity index (χ3n) is 1.51. The number of rotatable bonds is 2. The van der Waals surface area contributed by atoms with Crippen LogP contribution in [0.1, 0.15) is 11.5 Å². The van der Waals surface area contributed by atoms with E-state index in [0.717, 1.165) is 11.5 Å². The lowest BCUT2D eigenvalue weighted by atomic mass is 10.3. The summed E-state index contributed by atoms with van der Waals surface area (Å²) in [5.41, 5.74) is 1.05. The molecule has 60 valence electrons. The maximum absolute atomic E-state index is 4.88. The molecule has 2 aromatic rings. The van der Waals surface area contributed by atoms with Gasteiger partial charge in [-0.15, -0.1) is 0 Å². The smallest absolute Gasteiger partial charge is 0.159 e. The van der Waals surface area contributed by atoms with Crippen LogP contribution in [-0.4, -0.2) is 10.1 Å². The predicted molar refractivity (Wildman–Crippen MR) is 46.2 cm³/mol. The molecule has 3 heteroatoms. The monoisotopic (exact) mass is 160 g/mol. The second-order valence-electron chi connectivity index (χ2n) is 2.37. The number of hydrogen-bond donors (Lipinski definition) is 1. The Kier molecular flexibility index (Phi) is 1.78. The highest BCUT2D eigenvalue weighted by atomic mass is 16.5. The highest BCUT2D eigenvalue weighted by molar-refractivity contribution is 5.65. The average molecular weight is 160 g/mol. The van der Waals surface area contributed by atoms with Crippen molar-refractivity contribution in [2.75, 3.05) is 0 Å². The lowest BCUT2D eigenvalue weighted by Crippen LogP contribution is -1.66. The summed E-state index contributed by atoms with van der Waals surface area (Å²) < 4.78 is 4.88. The van der Waals surface area contributed by atoms with Crippen LogP contribution in [0.15, 0.2) is 35.1 Å². The third-order valence-corrected chi connectivity index (χ3v) is 1.51. The van der Waals surface area contributed by atoms with Gasteiger partial charge in [0, 0.05) is 18.0 Å². The molecule has 3 nitrogen and oxygen atoms in total. The number of nitrogens with zero attached hydrogens (tertiary/aromatic N) is 1. The topological polar surface area (TPSA) is 41.8 Å². The molecule has 0 aliphatic heterocycles. The van der Waals surface area contributed by atoms with E-state index in [-0.39, 0.29) is 0 Å². The van der Waals surface area contributed by atoms with Crippen LogP contribution in [0.2, 0.25) is 0 Å². The SMILES string of the molecule is C(=C\c1ccno1)/c1ccc[nH]1. The first-order valence-corrected chi connectivity index (χ1v) is 3.67. The van der Waals surface area contributed by atoms with Gasteiger partial charge in [-0.05, 0) is 24.3 Å². The van der Waals surface area contributed by atoms with Crippen LogP contribution in [0.25, 0.3) is 12.2 Å². The molecule has 12 heavy (non-hydrogen) atoms. The summed E-state index contributed by atoms with van der Waals surface area (Å²) in [5.74, 6) is 0.754. The van der Waals surface area contributed by atoms with Crippen LogP contribution in [0.4, 0.5) is 0 Å². The van der Waals surface area contributed by atoms with Gasteiger partial charge in [0.05, 0.1) is 6.20 Å². The lowest BCUT2D eigenvalue weighted by molar-refractivity contribution is 0.413. The van der Waals surface area contributed by atoms with Crippen LogP contribution in [-0.2, 0) is 0 Å². The zero-order chi connectivity index (χ0) is 8.23. The minimum atomic E-state index is 0.754. The van der Waals surface area contributed by atoms with Crippen molar-refractivity contribution in [1.29, 1.82) is 0 Å². The van der Waals surface area contributed by atoms with Crippen molar-refractivity contribution in [2.24, 2.45) is 0 Å². The Morgan fingerprint density at radius 3 is 3.00 bits per heavy atom. The fraction of sp³-hybridized carbons (Fsp3) is 0. The van der Waals surface area contributed by atoms with Crippen molar-refractivity contribution in [2.45, 2.75) is 0 Å². The standard InChI is InChI=1S/C9H8N2O/c1-2-8(10-6-1)3-4-9-5-7-11-12-9/h1-7,10H/b4-3+. The van der Waals surface area contributed by atoms with Crippen LogP contribution in [0, 0.1) is 0 Å². The van der Waals surface area contributed by atoms with Gasteiger partial charge in [-0.25, -0.2) is 0 Å². The van der Waals surface area contributed by atoms with Gasteiger partial charge in [0.2, 0.25) is 0 Å². The summed E-state index contributed by atoms with van der Waals surface area (Å²) in [5, 5.41) is 3.59. The van der Waals surface area contributed by atoms with E-state index in [1.807, 2.05) is 30.5 Å². The largest absolute Gasteiger partial charge is 0.362 e. The summed E-state index contributed by atoms with van der Waals surface area (Å²) in [4.78, 5) is 3.05. The van der Waals surface area contributed by atoms with E-state index >= 15 is 0 Å². The van der Waals surface area contributed by atoms with E-state index in [2.05, 4.69) is 10.1 Å². The van der Waals surface area contributed by atoms with Gasteiger partial charge in [0.15, 0.2) is 5.76 Å². The average Bonchev–Trinajstić information content (AvgIpc) is 2.74. The summed E-state index contributed by atoms with van der Waals surface area (Å²) >= 11 is 0. The molecule has 0 aliphatic carbocycles. The van der Waals surface area contributed by atoms with E-state index in [4.69, 9.17) is 4.52 Å². The Morgan fingerprint density at radius 1 is 1.33 bits per heavy atom. The maximum atomic E-state index is 4.88. The Bertz CT molecular complexity index is 310. The van der Waals surface area contributed by atoms with Gasteiger partial charge in [0.25, 0.3) is 0 Å². The molecule has 0 amide bonds. The Labute approximate surface area is 69.7 Å². The van der Waals surface area contributed by atoms with Crippen molar-refractivity contribution in [3.8, 4) is 0 Å². The molecule has 0 aliphatic rings. The molecule has 0 atom stereocenters. The number of aromatic nitrogens is 2. The second-order valence-corrected chi connectivity index (χ2v) is 2.37. The van der Waals surface area contributed by atoms with Gasteiger partial charge < -0.3 is 9.51 Å². The number of aromatic amines is 1. The van der Waals surface area contributed by atoms with Crippen molar-refractivity contribution in [3.05, 3.63) is 42.0 Å². The molecule has 2 rings (SSSR count). The minimum absolute atomic E-state index is 0.754. The van der Waals surface area contributed by atoms with E-state index < -0.39 is 0 Å². The Balaban J connectivity index is 2.14. The molecule has 2 heterocycles. The quantitative estimate of drug-likeness (QED) is 0.731. The van der Waals surface area contributed by atoms with E-state index in [1.165, 1.54) is 0 Å². The molecule has 0 aromatic carbocycles. The second kappa shape index (κ2) is 3.09. The maximum Gasteiger partial charge on any atom is 0.159 e. The third kappa shape index (κ3) is 1.45. The van der Waals surface area contributed by atoms with Gasteiger partial charge in [-0.2, -0.15) is 0 Å². The van der Waals surface area contributed by atoms with Crippen molar-refractivity contribution in [1.82, 2.24) is 10.1 Å². The molecular weight excluding hydrogens is 152 g/mol. The minimum Gasteiger partial charge on any atom is -0.362 e. The summed E-state index contributed by atoms with van der Waals surface area (Å²) in [6, 6.07) is 5.73. The van der Waals surface area contributed by atoms with E-state index in [9.17, 15) is 0 Å². The van der Waals surface area contributed by atoms with Crippen LogP contribution < -0.4 is 0 Å². The molecule has 0 unspecified atom stereocenters. The van der Waals surface area contributed by atoms with Crippen LogP contribution in [0.5, 0.6) is 0 Å². The first-order chi connectivity index (χ1) is 5.95. The summed E-state index contributed by atoms with van der Waals surface area (Å²) in [6.07, 6.45) is 7.29. The molecule has 0 spiro atoms. The summed E-state index contributed by atoms with van der Waals surface area (Å²) in [6.45, 7) is 0. The fourth-order valence-electron chi connectivity index (χ4n) is 0.931. The molecule has 0 fully saturated rings. The molecule has 0 radical (unpaired) electrons. The number of nitrogens with one attached hydrogen (secondary N) is 1. The highest BCUT2D eigenvalue weighted by Gasteiger charge is 1.89. The van der Waals surface area contributed by atoms with E-state index in [1.54, 1.807) is 12.3 Å². The first-order valence-electron chi connectivity index (χ1n) is 3.67. The van der Waals surface area contributed by atoms with Crippen molar-refractivity contribution in [3.63, 3.8) is 0 Å². The fourth-order valence-corrected chi connectivity index (χ4v) is 0.931. The number of H-pyrrole nitrogens is 1. The van der Waals surface area contributed by atoms with Crippen LogP contribution in [0.3, 0.4) is 0 Å². The summed E-state index contributed by atoms with van der Waals surface area (Å²) in [7, 11) is 0. The zero-order valence-electron chi connectivity index (χ0n) is 6.40. The van der Waals surface area contributed by atoms with Crippen LogP contribution >= 0.6 is 0 Å². The molecule has 0 bridgehead atoms. The molecule has 0 saturated heterocycles. The van der Waals surface area contributed by atoms with Crippen molar-refractivity contribution < 1.29 is 4.52 Å². The van der Waals surface area contributed by atoms with Crippen molar-refractivity contribution >= 4 is 12.2 Å². The molecule has 0 saturated carbocycles. The Hall–Kier alpha value is -1.77. The number of hydrogen-bond acceptors (Lipinski definition) is 2. The normalized spacial score (nSPS) is 11.0. The van der Waals surface area contributed by atoms with Gasteiger partial charge >= 0.3 is 0 Å². The van der Waals surface area contributed by atoms with Gasteiger partial charge in [-0.1, -0.05) is 5.16 Å². The van der Waals surface area contributed by atoms with Gasteiger partial charge in [-0.3, -0.25) is 0 Å². The zero-order valence-corrected chi connectivity index (χ0v) is 6.40. The Morgan fingerprint density at radius 2 is 2.33 bits per heavy atom. The van der Waals surface area contributed by atoms with Gasteiger partial charge in [0.1, 0.15) is 0 Å². The highest BCUT2D eigenvalue weighted by Crippen LogP contribution is 2.04. The predicted octanol–water partition coefficient (Wildman–Crippen LogP) is 2.17. The first kappa shape index (κ1) is 6.91. The lowest BCUT2D eigenvalue weighted by Gasteiger charge is -1.82. The molecular formula is C9H8N2O. The molecule has 1 N–H and O–H groups in total.